The quantitative estimate of drug-likeness (QED) is 0.948. The zero-order valence-corrected chi connectivity index (χ0v) is 12.7. The summed E-state index contributed by atoms with van der Waals surface area (Å²) in [7, 11) is 0. The number of rotatable bonds is 3. The summed E-state index contributed by atoms with van der Waals surface area (Å²) in [5.74, 6) is 0.562. The van der Waals surface area contributed by atoms with Gasteiger partial charge in [-0.1, -0.05) is 6.07 Å². The van der Waals surface area contributed by atoms with Crippen molar-refractivity contribution in [3.05, 3.63) is 53.5 Å². The van der Waals surface area contributed by atoms with Gasteiger partial charge in [-0.25, -0.2) is 0 Å². The highest BCUT2D eigenvalue weighted by molar-refractivity contribution is 5.94. The van der Waals surface area contributed by atoms with Crippen LogP contribution in [0.3, 0.4) is 0 Å². The lowest BCUT2D eigenvalue weighted by Crippen LogP contribution is -2.35. The van der Waals surface area contributed by atoms with Crippen LogP contribution in [0.25, 0.3) is 0 Å². The number of benzene rings is 1. The summed E-state index contributed by atoms with van der Waals surface area (Å²) in [5, 5.41) is 2.96. The van der Waals surface area contributed by atoms with Gasteiger partial charge in [-0.3, -0.25) is 9.59 Å². The van der Waals surface area contributed by atoms with E-state index in [1.54, 1.807) is 17.0 Å². The van der Waals surface area contributed by atoms with Crippen LogP contribution in [0.2, 0.25) is 0 Å². The molecule has 1 aliphatic carbocycles. The fraction of sp³-hybridized carbons (Fsp3) is 0.333. The lowest BCUT2D eigenvalue weighted by atomic mass is 9.98. The van der Waals surface area contributed by atoms with Crippen LogP contribution in [0, 0.1) is 5.92 Å². The molecule has 1 aliphatic heterocycles. The van der Waals surface area contributed by atoms with Crippen molar-refractivity contribution in [2.24, 2.45) is 5.92 Å². The Morgan fingerprint density at radius 3 is 2.78 bits per heavy atom. The van der Waals surface area contributed by atoms with Gasteiger partial charge >= 0.3 is 0 Å². The van der Waals surface area contributed by atoms with Gasteiger partial charge in [0.2, 0.25) is 5.91 Å². The molecule has 4 rings (SSSR count). The smallest absolute Gasteiger partial charge is 0.289 e. The van der Waals surface area contributed by atoms with Crippen LogP contribution in [-0.4, -0.2) is 23.3 Å². The third-order valence-electron chi connectivity index (χ3n) is 4.45. The van der Waals surface area contributed by atoms with Crippen LogP contribution < -0.4 is 5.32 Å². The van der Waals surface area contributed by atoms with Gasteiger partial charge in [0.25, 0.3) is 5.91 Å². The van der Waals surface area contributed by atoms with Crippen LogP contribution in [-0.2, 0) is 17.8 Å². The molecule has 1 aromatic heterocycles. The average Bonchev–Trinajstić information content (AvgIpc) is 3.28. The molecule has 1 N–H and O–H groups in total. The molecule has 0 unspecified atom stereocenters. The van der Waals surface area contributed by atoms with Crippen molar-refractivity contribution in [1.29, 1.82) is 0 Å². The molecule has 1 aromatic carbocycles. The number of amides is 2. The van der Waals surface area contributed by atoms with Crippen molar-refractivity contribution >= 4 is 17.5 Å². The minimum Gasteiger partial charge on any atom is -0.459 e. The first-order valence-electron chi connectivity index (χ1n) is 7.96. The molecule has 2 amide bonds. The van der Waals surface area contributed by atoms with Crippen LogP contribution in [0.15, 0.2) is 41.0 Å². The average molecular weight is 310 g/mol. The molecule has 0 bridgehead atoms. The Morgan fingerprint density at radius 1 is 1.17 bits per heavy atom. The van der Waals surface area contributed by atoms with Crippen molar-refractivity contribution < 1.29 is 14.0 Å². The fourth-order valence-electron chi connectivity index (χ4n) is 2.95. The first kappa shape index (κ1) is 14.1. The standard InChI is InChI=1S/C18H18N2O3/c21-17(13-3-4-13)19-15-6-5-12-7-8-20(11-14(12)10-15)18(22)16-2-1-9-23-16/h1-2,5-6,9-10,13H,3-4,7-8,11H2,(H,19,21). The number of carbonyl (C=O) groups is 2. The lowest BCUT2D eigenvalue weighted by Gasteiger charge is -2.28. The van der Waals surface area contributed by atoms with E-state index in [2.05, 4.69) is 5.32 Å². The number of hydrogen-bond acceptors (Lipinski definition) is 3. The summed E-state index contributed by atoms with van der Waals surface area (Å²) in [6.45, 7) is 1.22. The molecular weight excluding hydrogens is 292 g/mol. The van der Waals surface area contributed by atoms with E-state index in [-0.39, 0.29) is 17.7 Å². The first-order chi connectivity index (χ1) is 11.2. The Labute approximate surface area is 134 Å². The molecule has 23 heavy (non-hydrogen) atoms. The predicted octanol–water partition coefficient (Wildman–Crippen LogP) is 2.83. The van der Waals surface area contributed by atoms with Crippen molar-refractivity contribution in [2.45, 2.75) is 25.8 Å². The number of fused-ring (bicyclic) bond motifs is 1. The van der Waals surface area contributed by atoms with Gasteiger partial charge < -0.3 is 14.6 Å². The molecule has 0 spiro atoms. The van der Waals surface area contributed by atoms with Gasteiger partial charge in [-0.15, -0.1) is 0 Å². The number of hydrogen-bond donors (Lipinski definition) is 1. The van der Waals surface area contributed by atoms with E-state index in [1.165, 1.54) is 11.8 Å². The van der Waals surface area contributed by atoms with E-state index in [0.717, 1.165) is 30.5 Å². The molecule has 0 radical (unpaired) electrons. The first-order valence-corrected chi connectivity index (χ1v) is 7.96. The van der Waals surface area contributed by atoms with E-state index in [4.69, 9.17) is 4.42 Å². The highest BCUT2D eigenvalue weighted by Gasteiger charge is 2.30. The third kappa shape index (κ3) is 2.86. The highest BCUT2D eigenvalue weighted by Crippen LogP contribution is 2.31. The maximum absolute atomic E-state index is 12.4. The number of carbonyl (C=O) groups excluding carboxylic acids is 2. The molecule has 118 valence electrons. The molecule has 5 heteroatoms. The van der Waals surface area contributed by atoms with Gasteiger partial charge in [-0.05, 0) is 54.7 Å². The molecule has 2 aliphatic rings. The Kier molecular flexibility index (Phi) is 3.41. The largest absolute Gasteiger partial charge is 0.459 e. The topological polar surface area (TPSA) is 62.6 Å². The second-order valence-electron chi connectivity index (χ2n) is 6.20. The molecule has 5 nitrogen and oxygen atoms in total. The zero-order valence-electron chi connectivity index (χ0n) is 12.7. The van der Waals surface area contributed by atoms with Gasteiger partial charge in [0.1, 0.15) is 0 Å². The highest BCUT2D eigenvalue weighted by atomic mass is 16.3. The Bertz CT molecular complexity index is 748. The number of anilines is 1. The maximum atomic E-state index is 12.4. The van der Waals surface area contributed by atoms with E-state index in [1.807, 2.05) is 18.2 Å². The predicted molar refractivity (Wildman–Crippen MR) is 84.9 cm³/mol. The van der Waals surface area contributed by atoms with E-state index in [0.29, 0.717) is 18.8 Å². The summed E-state index contributed by atoms with van der Waals surface area (Å²) >= 11 is 0. The Balaban J connectivity index is 1.51. The van der Waals surface area contributed by atoms with Crippen LogP contribution >= 0.6 is 0 Å². The van der Waals surface area contributed by atoms with E-state index < -0.39 is 0 Å². The normalized spacial score (nSPS) is 16.8. The Morgan fingerprint density at radius 2 is 2.04 bits per heavy atom. The van der Waals surface area contributed by atoms with Gasteiger partial charge in [0, 0.05) is 24.7 Å². The summed E-state index contributed by atoms with van der Waals surface area (Å²) in [5.41, 5.74) is 3.13. The minimum absolute atomic E-state index is 0.0898. The monoisotopic (exact) mass is 310 g/mol. The minimum atomic E-state index is -0.0898. The van der Waals surface area contributed by atoms with Gasteiger partial charge in [0.05, 0.1) is 6.26 Å². The number of nitrogens with zero attached hydrogens (tertiary/aromatic N) is 1. The molecule has 0 atom stereocenters. The van der Waals surface area contributed by atoms with Crippen molar-refractivity contribution in [3.8, 4) is 0 Å². The van der Waals surface area contributed by atoms with E-state index in [9.17, 15) is 9.59 Å². The van der Waals surface area contributed by atoms with Crippen LogP contribution in [0.1, 0.15) is 34.5 Å². The Hall–Kier alpha value is -2.56. The number of furan rings is 1. The molecule has 2 heterocycles. The van der Waals surface area contributed by atoms with Crippen LogP contribution in [0.5, 0.6) is 0 Å². The summed E-state index contributed by atoms with van der Waals surface area (Å²) < 4.78 is 5.20. The molecule has 2 aromatic rings. The van der Waals surface area contributed by atoms with E-state index >= 15 is 0 Å². The second kappa shape index (κ2) is 5.57. The molecule has 1 saturated carbocycles. The van der Waals surface area contributed by atoms with Gasteiger partial charge in [-0.2, -0.15) is 0 Å². The summed E-state index contributed by atoms with van der Waals surface area (Å²) in [6.07, 6.45) is 4.31. The summed E-state index contributed by atoms with van der Waals surface area (Å²) in [6, 6.07) is 9.38. The summed E-state index contributed by atoms with van der Waals surface area (Å²) in [4.78, 5) is 26.1. The lowest BCUT2D eigenvalue weighted by molar-refractivity contribution is -0.117. The SMILES string of the molecule is O=C(Nc1ccc2c(c1)CN(C(=O)c1ccco1)CC2)C1CC1. The molecular formula is C18H18N2O3. The van der Waals surface area contributed by atoms with Crippen molar-refractivity contribution in [2.75, 3.05) is 11.9 Å². The second-order valence-corrected chi connectivity index (χ2v) is 6.20. The third-order valence-corrected chi connectivity index (χ3v) is 4.45. The van der Waals surface area contributed by atoms with Crippen LogP contribution in [0.4, 0.5) is 5.69 Å². The van der Waals surface area contributed by atoms with Crippen molar-refractivity contribution in [1.82, 2.24) is 4.90 Å². The van der Waals surface area contributed by atoms with Gasteiger partial charge in [0.15, 0.2) is 5.76 Å². The maximum Gasteiger partial charge on any atom is 0.289 e. The molecule has 1 fully saturated rings. The number of nitrogens with one attached hydrogen (secondary N) is 1. The molecule has 0 saturated heterocycles. The van der Waals surface area contributed by atoms with Crippen molar-refractivity contribution in [3.63, 3.8) is 0 Å². The zero-order chi connectivity index (χ0) is 15.8. The fourth-order valence-corrected chi connectivity index (χ4v) is 2.95.